The van der Waals surface area contributed by atoms with Gasteiger partial charge in [-0.15, -0.1) is 0 Å². The Balaban J connectivity index is 1.94. The molecule has 6 nitrogen and oxygen atoms in total. The number of ether oxygens (including phenoxy) is 1. The second-order valence-electron chi connectivity index (χ2n) is 7.24. The molecule has 0 unspecified atom stereocenters. The molecule has 0 spiro atoms. The minimum atomic E-state index is -0.558. The molecule has 2 rings (SSSR count). The van der Waals surface area contributed by atoms with E-state index in [1.165, 1.54) is 6.20 Å². The number of aromatic nitrogens is 1. The van der Waals surface area contributed by atoms with Crippen molar-refractivity contribution in [3.05, 3.63) is 29.6 Å². The third-order valence-electron chi connectivity index (χ3n) is 3.98. The number of esters is 1. The fourth-order valence-electron chi connectivity index (χ4n) is 2.25. The van der Waals surface area contributed by atoms with Crippen molar-refractivity contribution in [2.45, 2.75) is 44.8 Å². The molecule has 23 heavy (non-hydrogen) atoms. The zero-order valence-corrected chi connectivity index (χ0v) is 14.5. The van der Waals surface area contributed by atoms with Crippen molar-refractivity contribution in [2.75, 3.05) is 20.6 Å². The van der Waals surface area contributed by atoms with Crippen molar-refractivity contribution < 1.29 is 14.3 Å². The Hall–Kier alpha value is -1.95. The first-order valence-electron chi connectivity index (χ1n) is 7.78. The van der Waals surface area contributed by atoms with Crippen LogP contribution < -0.4 is 5.32 Å². The van der Waals surface area contributed by atoms with Crippen molar-refractivity contribution in [2.24, 2.45) is 0 Å². The lowest BCUT2D eigenvalue weighted by atomic mass is 10.2. The molecule has 1 aliphatic rings. The molecule has 0 radical (unpaired) electrons. The van der Waals surface area contributed by atoms with Gasteiger partial charge in [0.15, 0.2) is 0 Å². The van der Waals surface area contributed by atoms with Gasteiger partial charge < -0.3 is 15.0 Å². The molecule has 0 atom stereocenters. The van der Waals surface area contributed by atoms with Gasteiger partial charge in [0.2, 0.25) is 0 Å². The van der Waals surface area contributed by atoms with E-state index in [0.29, 0.717) is 17.8 Å². The average molecular weight is 319 g/mol. The molecular formula is C17H25N3O3. The van der Waals surface area contributed by atoms with Gasteiger partial charge in [-0.3, -0.25) is 9.78 Å². The molecule has 1 heterocycles. The van der Waals surface area contributed by atoms with Gasteiger partial charge in [-0.2, -0.15) is 0 Å². The largest absolute Gasteiger partial charge is 0.456 e. The summed E-state index contributed by atoms with van der Waals surface area (Å²) in [5.74, 6) is -0.671. The third-order valence-corrected chi connectivity index (χ3v) is 3.98. The molecule has 0 bridgehead atoms. The Morgan fingerprint density at radius 1 is 1.30 bits per heavy atom. The van der Waals surface area contributed by atoms with E-state index in [1.54, 1.807) is 32.9 Å². The van der Waals surface area contributed by atoms with Gasteiger partial charge in [-0.1, -0.05) is 0 Å². The molecule has 1 amide bonds. The molecule has 1 fully saturated rings. The number of hydrogen-bond donors (Lipinski definition) is 1. The molecule has 1 aromatic heterocycles. The highest BCUT2D eigenvalue weighted by molar-refractivity contribution is 5.94. The highest BCUT2D eigenvalue weighted by atomic mass is 16.6. The maximum Gasteiger partial charge on any atom is 0.340 e. The van der Waals surface area contributed by atoms with Crippen molar-refractivity contribution in [1.82, 2.24) is 15.2 Å². The second kappa shape index (κ2) is 6.28. The number of likely N-dealkylation sites (N-methyl/N-ethyl adjacent to an activating group) is 1. The molecule has 0 aliphatic heterocycles. The number of nitrogens with one attached hydrogen (secondary N) is 1. The summed E-state index contributed by atoms with van der Waals surface area (Å²) in [5, 5.41) is 2.91. The van der Waals surface area contributed by atoms with Gasteiger partial charge in [0.1, 0.15) is 11.3 Å². The van der Waals surface area contributed by atoms with Crippen LogP contribution in [0.1, 0.15) is 54.5 Å². The predicted octanol–water partition coefficient (Wildman–Crippen LogP) is 1.86. The van der Waals surface area contributed by atoms with Gasteiger partial charge >= 0.3 is 5.97 Å². The second-order valence-corrected chi connectivity index (χ2v) is 7.24. The number of pyridine rings is 1. The summed E-state index contributed by atoms with van der Waals surface area (Å²) >= 11 is 0. The van der Waals surface area contributed by atoms with E-state index in [9.17, 15) is 9.59 Å². The monoisotopic (exact) mass is 319 g/mol. The topological polar surface area (TPSA) is 71.5 Å². The minimum absolute atomic E-state index is 0.0894. The molecular weight excluding hydrogens is 294 g/mol. The lowest BCUT2D eigenvalue weighted by Crippen LogP contribution is -2.42. The Morgan fingerprint density at radius 2 is 1.96 bits per heavy atom. The van der Waals surface area contributed by atoms with Crippen LogP contribution >= 0.6 is 0 Å². The molecule has 126 valence electrons. The van der Waals surface area contributed by atoms with Crippen molar-refractivity contribution in [3.63, 3.8) is 0 Å². The first-order chi connectivity index (χ1) is 10.6. The van der Waals surface area contributed by atoms with Crippen molar-refractivity contribution in [3.8, 4) is 0 Å². The number of carbonyl (C=O) groups excluding carboxylic acids is 2. The number of nitrogens with zero attached hydrogens (tertiary/aromatic N) is 2. The number of rotatable bonds is 5. The minimum Gasteiger partial charge on any atom is -0.456 e. The van der Waals surface area contributed by atoms with E-state index >= 15 is 0 Å². The zero-order chi connectivity index (χ0) is 17.3. The first-order valence-corrected chi connectivity index (χ1v) is 7.78. The highest BCUT2D eigenvalue weighted by Crippen LogP contribution is 2.39. The van der Waals surface area contributed by atoms with Gasteiger partial charge in [-0.25, -0.2) is 4.79 Å². The number of carbonyl (C=O) groups is 2. The van der Waals surface area contributed by atoms with E-state index in [1.807, 2.05) is 14.1 Å². The van der Waals surface area contributed by atoms with E-state index in [2.05, 4.69) is 15.2 Å². The number of amides is 1. The summed E-state index contributed by atoms with van der Waals surface area (Å²) < 4.78 is 5.27. The smallest absolute Gasteiger partial charge is 0.340 e. The average Bonchev–Trinajstić information content (AvgIpc) is 3.24. The Kier molecular flexibility index (Phi) is 4.75. The molecule has 0 saturated heterocycles. The van der Waals surface area contributed by atoms with Gasteiger partial charge in [0, 0.05) is 18.3 Å². The fraction of sp³-hybridized carbons (Fsp3) is 0.588. The molecule has 0 aromatic carbocycles. The van der Waals surface area contributed by atoms with Crippen molar-refractivity contribution >= 4 is 11.9 Å². The standard InChI is InChI=1S/C17H25N3O3/c1-16(2,3)23-15(22)12-6-7-13(18-10-12)14(21)19-11-17(8-9-17)20(4)5/h6-7,10H,8-9,11H2,1-5H3,(H,19,21). The molecule has 1 aliphatic carbocycles. The summed E-state index contributed by atoms with van der Waals surface area (Å²) in [5.41, 5.74) is 0.166. The SMILES string of the molecule is CN(C)C1(CNC(=O)c2ccc(C(=O)OC(C)(C)C)cn2)CC1. The summed E-state index contributed by atoms with van der Waals surface area (Å²) in [6, 6.07) is 3.11. The lowest BCUT2D eigenvalue weighted by molar-refractivity contribution is 0.00688. The molecule has 6 heteroatoms. The molecule has 1 aromatic rings. The van der Waals surface area contributed by atoms with E-state index in [0.717, 1.165) is 12.8 Å². The summed E-state index contributed by atoms with van der Waals surface area (Å²) in [6.07, 6.45) is 3.55. The van der Waals surface area contributed by atoms with Crippen LogP contribution in [-0.4, -0.2) is 53.5 Å². The Morgan fingerprint density at radius 3 is 2.39 bits per heavy atom. The van der Waals surface area contributed by atoms with Gasteiger partial charge in [-0.05, 0) is 59.8 Å². The van der Waals surface area contributed by atoms with Crippen LogP contribution in [0.3, 0.4) is 0 Å². The van der Waals surface area contributed by atoms with E-state index in [4.69, 9.17) is 4.74 Å². The fourth-order valence-corrected chi connectivity index (χ4v) is 2.25. The van der Waals surface area contributed by atoms with Crippen LogP contribution in [0.5, 0.6) is 0 Å². The lowest BCUT2D eigenvalue weighted by Gasteiger charge is -2.23. The van der Waals surface area contributed by atoms with Gasteiger partial charge in [0.05, 0.1) is 5.56 Å². The summed E-state index contributed by atoms with van der Waals surface area (Å²) in [4.78, 5) is 30.3. The van der Waals surface area contributed by atoms with E-state index < -0.39 is 11.6 Å². The summed E-state index contributed by atoms with van der Waals surface area (Å²) in [6.45, 7) is 6.02. The van der Waals surface area contributed by atoms with Crippen LogP contribution in [0.25, 0.3) is 0 Å². The van der Waals surface area contributed by atoms with Crippen LogP contribution in [-0.2, 0) is 4.74 Å². The quantitative estimate of drug-likeness (QED) is 0.839. The molecule has 1 N–H and O–H groups in total. The summed E-state index contributed by atoms with van der Waals surface area (Å²) in [7, 11) is 4.04. The van der Waals surface area contributed by atoms with Crippen LogP contribution in [0, 0.1) is 0 Å². The Bertz CT molecular complexity index is 584. The predicted molar refractivity (Wildman–Crippen MR) is 87.4 cm³/mol. The van der Waals surface area contributed by atoms with E-state index in [-0.39, 0.29) is 11.4 Å². The van der Waals surface area contributed by atoms with Crippen LogP contribution in [0.2, 0.25) is 0 Å². The number of hydrogen-bond acceptors (Lipinski definition) is 5. The highest BCUT2D eigenvalue weighted by Gasteiger charge is 2.44. The maximum absolute atomic E-state index is 12.1. The normalized spacial score (nSPS) is 16.1. The van der Waals surface area contributed by atoms with Crippen LogP contribution in [0.15, 0.2) is 18.3 Å². The molecule has 1 saturated carbocycles. The van der Waals surface area contributed by atoms with Crippen molar-refractivity contribution in [1.29, 1.82) is 0 Å². The maximum atomic E-state index is 12.1. The first kappa shape index (κ1) is 17.4. The Labute approximate surface area is 137 Å². The van der Waals surface area contributed by atoms with Crippen LogP contribution in [0.4, 0.5) is 0 Å². The third kappa shape index (κ3) is 4.51. The van der Waals surface area contributed by atoms with Gasteiger partial charge in [0.25, 0.3) is 5.91 Å². The zero-order valence-electron chi connectivity index (χ0n) is 14.5.